The maximum absolute atomic E-state index is 11.7. The van der Waals surface area contributed by atoms with E-state index in [2.05, 4.69) is 36.0 Å². The first-order valence-electron chi connectivity index (χ1n) is 10.5. The van der Waals surface area contributed by atoms with Gasteiger partial charge < -0.3 is 9.97 Å². The van der Waals surface area contributed by atoms with E-state index in [1.165, 1.54) is 12.3 Å². The van der Waals surface area contributed by atoms with Crippen molar-refractivity contribution in [2.75, 3.05) is 6.26 Å². The molecule has 9 heteroatoms. The van der Waals surface area contributed by atoms with Crippen LogP contribution in [0, 0.1) is 0 Å². The van der Waals surface area contributed by atoms with Gasteiger partial charge in [-0.25, -0.2) is 23.4 Å². The van der Waals surface area contributed by atoms with Gasteiger partial charge in [-0.05, 0) is 59.7 Å². The third kappa shape index (κ3) is 3.61. The van der Waals surface area contributed by atoms with Crippen molar-refractivity contribution in [2.45, 2.75) is 5.03 Å². The second kappa shape index (κ2) is 7.60. The Hall–Kier alpha value is -4.37. The van der Waals surface area contributed by atoms with Gasteiger partial charge in [0.15, 0.2) is 14.9 Å². The summed E-state index contributed by atoms with van der Waals surface area (Å²) in [5.41, 5.74) is 7.32. The zero-order valence-corrected chi connectivity index (χ0v) is 18.8. The molecule has 0 radical (unpaired) electrons. The fourth-order valence-corrected chi connectivity index (χ4v) is 4.46. The average Bonchev–Trinajstić information content (AvgIpc) is 3.47. The third-order valence-electron chi connectivity index (χ3n) is 5.64. The summed E-state index contributed by atoms with van der Waals surface area (Å²) in [4.78, 5) is 24.1. The fraction of sp³-hybridized carbons (Fsp3) is 0.0400. The SMILES string of the molecule is CS(=O)(=O)c1ccc(-c2nc3ccc(-c4ccc5nc(-c6ccncc6)[nH]c5c4)cc3[nH]2)cn1. The van der Waals surface area contributed by atoms with Crippen LogP contribution in [0.3, 0.4) is 0 Å². The molecule has 4 aromatic heterocycles. The normalized spacial score (nSPS) is 11.9. The summed E-state index contributed by atoms with van der Waals surface area (Å²) >= 11 is 0. The van der Waals surface area contributed by atoms with Crippen molar-refractivity contribution in [3.8, 4) is 33.9 Å². The Morgan fingerprint density at radius 3 is 1.76 bits per heavy atom. The number of benzene rings is 2. The van der Waals surface area contributed by atoms with Crippen LogP contribution in [0.1, 0.15) is 0 Å². The largest absolute Gasteiger partial charge is 0.338 e. The number of hydrogen-bond acceptors (Lipinski definition) is 6. The lowest BCUT2D eigenvalue weighted by Crippen LogP contribution is -1.99. The molecule has 0 bridgehead atoms. The topological polar surface area (TPSA) is 117 Å². The first-order chi connectivity index (χ1) is 16.4. The first-order valence-corrected chi connectivity index (χ1v) is 12.4. The van der Waals surface area contributed by atoms with Crippen LogP contribution in [0.2, 0.25) is 0 Å². The Kier molecular flexibility index (Phi) is 4.53. The summed E-state index contributed by atoms with van der Waals surface area (Å²) < 4.78 is 23.3. The number of nitrogens with one attached hydrogen (secondary N) is 2. The van der Waals surface area contributed by atoms with Crippen molar-refractivity contribution in [1.29, 1.82) is 0 Å². The summed E-state index contributed by atoms with van der Waals surface area (Å²) in [5, 5.41) is 0.0379. The van der Waals surface area contributed by atoms with Crippen LogP contribution in [0.4, 0.5) is 0 Å². The highest BCUT2D eigenvalue weighted by molar-refractivity contribution is 7.90. The molecule has 8 nitrogen and oxygen atoms in total. The molecule has 166 valence electrons. The third-order valence-corrected chi connectivity index (χ3v) is 6.64. The average molecular weight is 467 g/mol. The highest BCUT2D eigenvalue weighted by Gasteiger charge is 2.12. The van der Waals surface area contributed by atoms with Crippen LogP contribution in [-0.4, -0.2) is 44.6 Å². The number of rotatable bonds is 4. The summed E-state index contributed by atoms with van der Waals surface area (Å²) in [6.45, 7) is 0. The maximum atomic E-state index is 11.7. The minimum absolute atomic E-state index is 0.0379. The zero-order valence-electron chi connectivity index (χ0n) is 18.0. The number of sulfone groups is 1. The quantitative estimate of drug-likeness (QED) is 0.391. The number of aromatic nitrogens is 6. The van der Waals surface area contributed by atoms with Gasteiger partial charge in [-0.2, -0.15) is 0 Å². The molecule has 0 spiro atoms. The van der Waals surface area contributed by atoms with Gasteiger partial charge in [0.2, 0.25) is 0 Å². The van der Waals surface area contributed by atoms with Crippen LogP contribution in [0.25, 0.3) is 56.0 Å². The van der Waals surface area contributed by atoms with Crippen LogP contribution < -0.4 is 0 Å². The van der Waals surface area contributed by atoms with E-state index in [0.29, 0.717) is 11.4 Å². The van der Waals surface area contributed by atoms with E-state index in [1.807, 2.05) is 42.5 Å². The molecule has 0 aliphatic rings. The monoisotopic (exact) mass is 466 g/mol. The van der Waals surface area contributed by atoms with Crippen LogP contribution in [0.5, 0.6) is 0 Å². The predicted octanol–water partition coefficient (Wildman–Crippen LogP) is 4.63. The fourth-order valence-electron chi connectivity index (χ4n) is 3.90. The highest BCUT2D eigenvalue weighted by Crippen LogP contribution is 2.29. The first kappa shape index (κ1) is 20.3. The number of hydrogen-bond donors (Lipinski definition) is 2. The lowest BCUT2D eigenvalue weighted by Gasteiger charge is -2.01. The molecule has 34 heavy (non-hydrogen) atoms. The van der Waals surface area contributed by atoms with Gasteiger partial charge in [0.1, 0.15) is 11.6 Å². The standard InChI is InChI=1S/C25H18N6O2S/c1-34(32,33)23-7-4-18(14-27-23)25-29-20-6-3-17(13-22(20)31-25)16-2-5-19-21(12-16)30-24(28-19)15-8-10-26-11-9-15/h2-14H,1H3,(H,28,30)(H,29,31). The highest BCUT2D eigenvalue weighted by atomic mass is 32.2. The molecule has 0 unspecified atom stereocenters. The minimum Gasteiger partial charge on any atom is -0.338 e. The van der Waals surface area contributed by atoms with Crippen molar-refractivity contribution >= 4 is 31.9 Å². The Balaban J connectivity index is 1.35. The van der Waals surface area contributed by atoms with Gasteiger partial charge in [0.05, 0.1) is 22.1 Å². The van der Waals surface area contributed by atoms with Crippen LogP contribution in [0.15, 0.2) is 84.3 Å². The van der Waals surface area contributed by atoms with E-state index in [4.69, 9.17) is 0 Å². The Morgan fingerprint density at radius 2 is 1.24 bits per heavy atom. The molecule has 2 N–H and O–H groups in total. The second-order valence-electron chi connectivity index (χ2n) is 8.03. The van der Waals surface area contributed by atoms with E-state index < -0.39 is 9.84 Å². The number of imidazole rings is 2. The smallest absolute Gasteiger partial charge is 0.192 e. The molecule has 4 heterocycles. The van der Waals surface area contributed by atoms with Crippen molar-refractivity contribution in [3.63, 3.8) is 0 Å². The summed E-state index contributed by atoms with van der Waals surface area (Å²) in [5.74, 6) is 1.43. The summed E-state index contributed by atoms with van der Waals surface area (Å²) in [6, 6.07) is 19.2. The second-order valence-corrected chi connectivity index (χ2v) is 9.99. The van der Waals surface area contributed by atoms with Crippen molar-refractivity contribution in [2.24, 2.45) is 0 Å². The van der Waals surface area contributed by atoms with Gasteiger partial charge in [-0.15, -0.1) is 0 Å². The van der Waals surface area contributed by atoms with Crippen molar-refractivity contribution in [3.05, 3.63) is 79.3 Å². The molecule has 0 atom stereocenters. The van der Waals surface area contributed by atoms with Crippen molar-refractivity contribution < 1.29 is 8.42 Å². The molecule has 0 fully saturated rings. The Bertz CT molecular complexity index is 1770. The lowest BCUT2D eigenvalue weighted by atomic mass is 10.0. The molecule has 6 rings (SSSR count). The van der Waals surface area contributed by atoms with Gasteiger partial charge in [-0.3, -0.25) is 4.98 Å². The van der Waals surface area contributed by atoms with E-state index in [1.54, 1.807) is 18.5 Å². The van der Waals surface area contributed by atoms with Gasteiger partial charge in [0.25, 0.3) is 0 Å². The predicted molar refractivity (Wildman–Crippen MR) is 131 cm³/mol. The van der Waals surface area contributed by atoms with Crippen LogP contribution in [-0.2, 0) is 9.84 Å². The molecule has 0 aliphatic heterocycles. The number of aromatic amines is 2. The summed E-state index contributed by atoms with van der Waals surface area (Å²) in [6.07, 6.45) is 6.15. The molecule has 0 saturated heterocycles. The molecule has 2 aromatic carbocycles. The van der Waals surface area contributed by atoms with E-state index >= 15 is 0 Å². The van der Waals surface area contributed by atoms with E-state index in [-0.39, 0.29) is 5.03 Å². The van der Waals surface area contributed by atoms with Crippen molar-refractivity contribution in [1.82, 2.24) is 29.9 Å². The molecule has 6 aromatic rings. The summed E-state index contributed by atoms with van der Waals surface area (Å²) in [7, 11) is -3.34. The van der Waals surface area contributed by atoms with Gasteiger partial charge >= 0.3 is 0 Å². The van der Waals surface area contributed by atoms with E-state index in [0.717, 1.165) is 50.8 Å². The maximum Gasteiger partial charge on any atom is 0.192 e. The lowest BCUT2D eigenvalue weighted by molar-refractivity contribution is 0.598. The molecular weight excluding hydrogens is 448 g/mol. The van der Waals surface area contributed by atoms with E-state index in [9.17, 15) is 8.42 Å². The molecular formula is C25H18N6O2S. The number of nitrogens with zero attached hydrogens (tertiary/aromatic N) is 4. The number of H-pyrrole nitrogens is 2. The van der Waals surface area contributed by atoms with Gasteiger partial charge in [-0.1, -0.05) is 12.1 Å². The molecule has 0 amide bonds. The zero-order chi connectivity index (χ0) is 23.3. The Morgan fingerprint density at radius 1 is 0.676 bits per heavy atom. The Labute approximate surface area is 194 Å². The molecule has 0 saturated carbocycles. The number of fused-ring (bicyclic) bond motifs is 2. The number of pyridine rings is 2. The van der Waals surface area contributed by atoms with Crippen LogP contribution >= 0.6 is 0 Å². The minimum atomic E-state index is -3.34. The molecule has 0 aliphatic carbocycles. The van der Waals surface area contributed by atoms with Gasteiger partial charge in [0, 0.05) is 36.0 Å².